The van der Waals surface area contributed by atoms with Gasteiger partial charge in [-0.05, 0) is 31.5 Å². The smallest absolute Gasteiger partial charge is 0.289 e. The van der Waals surface area contributed by atoms with Crippen LogP contribution in [0.25, 0.3) is 22.2 Å². The fourth-order valence-electron chi connectivity index (χ4n) is 2.43. The van der Waals surface area contributed by atoms with E-state index in [0.717, 1.165) is 6.42 Å². The van der Waals surface area contributed by atoms with Crippen molar-refractivity contribution in [2.75, 3.05) is 0 Å². The first kappa shape index (κ1) is 16.1. The molecule has 0 saturated carbocycles. The maximum atomic E-state index is 14.2. The first-order valence-corrected chi connectivity index (χ1v) is 7.92. The molecule has 1 amide bonds. The molecule has 1 heterocycles. The van der Waals surface area contributed by atoms with Gasteiger partial charge in [-0.1, -0.05) is 37.3 Å². The van der Waals surface area contributed by atoms with Crippen LogP contribution in [0.2, 0.25) is 0 Å². The van der Waals surface area contributed by atoms with E-state index in [1.54, 1.807) is 24.3 Å². The SMILES string of the molecule is CCC(C)NC(=O)c1nc(-c2ccccc2[18F])c2ccccc2n1. The number of hydrogen-bond acceptors (Lipinski definition) is 3. The minimum Gasteiger partial charge on any atom is -0.347 e. The minimum atomic E-state index is -0.380. The third-order valence-electron chi connectivity index (χ3n) is 3.93. The van der Waals surface area contributed by atoms with Gasteiger partial charge in [0.1, 0.15) is 5.82 Å². The summed E-state index contributed by atoms with van der Waals surface area (Å²) in [5, 5.41) is 3.56. The summed E-state index contributed by atoms with van der Waals surface area (Å²) in [6, 6.07) is 13.7. The van der Waals surface area contributed by atoms with Crippen molar-refractivity contribution in [1.29, 1.82) is 0 Å². The number of amides is 1. The number of carbonyl (C=O) groups is 1. The third-order valence-corrected chi connectivity index (χ3v) is 3.93. The Morgan fingerprint density at radius 2 is 1.83 bits per heavy atom. The first-order valence-electron chi connectivity index (χ1n) is 7.92. The minimum absolute atomic E-state index is 0.0180. The van der Waals surface area contributed by atoms with Crippen molar-refractivity contribution >= 4 is 16.8 Å². The van der Waals surface area contributed by atoms with Crippen LogP contribution < -0.4 is 5.32 Å². The van der Waals surface area contributed by atoms with Crippen LogP contribution in [0.5, 0.6) is 0 Å². The van der Waals surface area contributed by atoms with E-state index in [2.05, 4.69) is 15.3 Å². The van der Waals surface area contributed by atoms with Gasteiger partial charge >= 0.3 is 0 Å². The highest BCUT2D eigenvalue weighted by Crippen LogP contribution is 2.28. The highest BCUT2D eigenvalue weighted by molar-refractivity contribution is 5.98. The van der Waals surface area contributed by atoms with Crippen LogP contribution in [0.4, 0.5) is 4.39 Å². The number of aromatic nitrogens is 2. The molecule has 3 aromatic rings. The van der Waals surface area contributed by atoms with Gasteiger partial charge in [0.25, 0.3) is 5.91 Å². The number of benzene rings is 2. The molecule has 1 aromatic heterocycles. The molecule has 0 aliphatic rings. The highest BCUT2D eigenvalue weighted by Gasteiger charge is 2.17. The quantitative estimate of drug-likeness (QED) is 0.791. The molecule has 2 aromatic carbocycles. The second-order valence-electron chi connectivity index (χ2n) is 5.68. The number of nitrogens with one attached hydrogen (secondary N) is 1. The second-order valence-corrected chi connectivity index (χ2v) is 5.68. The standard InChI is InChI=1S/C19H18FN3O/c1-3-12(2)21-19(24)18-22-16-11-7-5-9-14(16)17(23-18)13-8-4-6-10-15(13)20/h4-12H,3H2,1-2H3,(H,21,24)/i20-1. The van der Waals surface area contributed by atoms with E-state index in [1.165, 1.54) is 6.07 Å². The van der Waals surface area contributed by atoms with Gasteiger partial charge in [0.2, 0.25) is 5.82 Å². The predicted octanol–water partition coefficient (Wildman–Crippen LogP) is 3.96. The number of halogens is 1. The van der Waals surface area contributed by atoms with E-state index >= 15 is 0 Å². The number of nitrogens with zero attached hydrogens (tertiary/aromatic N) is 2. The summed E-state index contributed by atoms with van der Waals surface area (Å²) in [7, 11) is 0. The van der Waals surface area contributed by atoms with Crippen LogP contribution >= 0.6 is 0 Å². The van der Waals surface area contributed by atoms with Crippen molar-refractivity contribution in [2.45, 2.75) is 26.3 Å². The van der Waals surface area contributed by atoms with Gasteiger partial charge in [0, 0.05) is 17.0 Å². The Morgan fingerprint density at radius 1 is 1.12 bits per heavy atom. The van der Waals surface area contributed by atoms with E-state index in [0.29, 0.717) is 22.2 Å². The lowest BCUT2D eigenvalue weighted by atomic mass is 10.1. The van der Waals surface area contributed by atoms with Gasteiger partial charge in [-0.25, -0.2) is 14.4 Å². The normalized spacial score (nSPS) is 12.1. The molecule has 1 N–H and O–H groups in total. The third kappa shape index (κ3) is 3.11. The molecule has 5 heteroatoms. The topological polar surface area (TPSA) is 54.9 Å². The number of fused-ring (bicyclic) bond motifs is 1. The van der Waals surface area contributed by atoms with Gasteiger partial charge in [-0.15, -0.1) is 0 Å². The Bertz CT molecular complexity index is 895. The fourth-order valence-corrected chi connectivity index (χ4v) is 2.43. The van der Waals surface area contributed by atoms with Crippen molar-refractivity contribution in [3.63, 3.8) is 0 Å². The molecule has 4 nitrogen and oxygen atoms in total. The molecule has 0 radical (unpaired) electrons. The van der Waals surface area contributed by atoms with Gasteiger partial charge in [0.05, 0.1) is 11.2 Å². The van der Waals surface area contributed by atoms with E-state index in [4.69, 9.17) is 0 Å². The van der Waals surface area contributed by atoms with Crippen LogP contribution in [0.3, 0.4) is 0 Å². The Kier molecular flexibility index (Phi) is 4.51. The molecule has 24 heavy (non-hydrogen) atoms. The first-order chi connectivity index (χ1) is 11.6. The van der Waals surface area contributed by atoms with E-state index in [1.807, 2.05) is 32.0 Å². The van der Waals surface area contributed by atoms with Gasteiger partial charge in [-0.2, -0.15) is 0 Å². The van der Waals surface area contributed by atoms with E-state index in [-0.39, 0.29) is 23.6 Å². The van der Waals surface area contributed by atoms with E-state index < -0.39 is 0 Å². The Morgan fingerprint density at radius 3 is 2.58 bits per heavy atom. The van der Waals surface area contributed by atoms with Crippen LogP contribution in [0, 0.1) is 5.82 Å². The molecule has 1 unspecified atom stereocenters. The number of rotatable bonds is 4. The molecule has 1 atom stereocenters. The number of para-hydroxylation sites is 1. The molecule has 0 fully saturated rings. The maximum Gasteiger partial charge on any atom is 0.289 e. The summed E-state index contributed by atoms with van der Waals surface area (Å²) in [4.78, 5) is 21.1. The number of hydrogen-bond donors (Lipinski definition) is 1. The highest BCUT2D eigenvalue weighted by atomic mass is 18.2. The van der Waals surface area contributed by atoms with Crippen molar-refractivity contribution in [3.05, 3.63) is 60.2 Å². The summed E-state index contributed by atoms with van der Waals surface area (Å²) < 4.78 is 14.2. The molecule has 0 saturated heterocycles. The van der Waals surface area contributed by atoms with Crippen LogP contribution in [0.1, 0.15) is 30.9 Å². The van der Waals surface area contributed by atoms with Crippen molar-refractivity contribution in [3.8, 4) is 11.3 Å². The summed E-state index contributed by atoms with van der Waals surface area (Å²) >= 11 is 0. The lowest BCUT2D eigenvalue weighted by Gasteiger charge is -2.12. The fraction of sp³-hybridized carbons (Fsp3) is 0.211. The zero-order chi connectivity index (χ0) is 17.1. The molecule has 0 aliphatic carbocycles. The summed E-state index contributed by atoms with van der Waals surface area (Å²) in [6.07, 6.45) is 0.805. The van der Waals surface area contributed by atoms with Gasteiger partial charge in [-0.3, -0.25) is 4.79 Å². The lowest BCUT2D eigenvalue weighted by Crippen LogP contribution is -2.33. The second kappa shape index (κ2) is 6.74. The van der Waals surface area contributed by atoms with Crippen molar-refractivity contribution in [1.82, 2.24) is 15.3 Å². The Labute approximate surface area is 139 Å². The summed E-state index contributed by atoms with van der Waals surface area (Å²) in [6.45, 7) is 3.90. The van der Waals surface area contributed by atoms with Crippen molar-refractivity contribution < 1.29 is 9.18 Å². The molecule has 0 bridgehead atoms. The largest absolute Gasteiger partial charge is 0.347 e. The summed E-state index contributed by atoms with van der Waals surface area (Å²) in [5.41, 5.74) is 1.39. The van der Waals surface area contributed by atoms with Crippen LogP contribution in [-0.2, 0) is 0 Å². The van der Waals surface area contributed by atoms with Crippen molar-refractivity contribution in [2.24, 2.45) is 0 Å². The zero-order valence-electron chi connectivity index (χ0n) is 13.6. The monoisotopic (exact) mass is 322 g/mol. The lowest BCUT2D eigenvalue weighted by molar-refractivity contribution is 0.0929. The molecular formula is C19H18FN3O. The summed E-state index contributed by atoms with van der Waals surface area (Å²) in [5.74, 6) is -0.686. The average Bonchev–Trinajstić information content (AvgIpc) is 2.61. The van der Waals surface area contributed by atoms with Gasteiger partial charge in [0.15, 0.2) is 0 Å². The van der Waals surface area contributed by atoms with Gasteiger partial charge < -0.3 is 5.32 Å². The zero-order valence-corrected chi connectivity index (χ0v) is 13.6. The van der Waals surface area contributed by atoms with Crippen LogP contribution in [0.15, 0.2) is 48.5 Å². The van der Waals surface area contributed by atoms with Crippen LogP contribution in [-0.4, -0.2) is 21.9 Å². The molecular weight excluding hydrogens is 304 g/mol. The Balaban J connectivity index is 2.17. The van der Waals surface area contributed by atoms with E-state index in [9.17, 15) is 9.18 Å². The molecule has 0 aliphatic heterocycles. The maximum absolute atomic E-state index is 14.2. The molecule has 3 rings (SSSR count). The number of carbonyl (C=O) groups excluding carboxylic acids is 1. The predicted molar refractivity (Wildman–Crippen MR) is 92.2 cm³/mol. The Hall–Kier alpha value is -2.82. The average molecular weight is 322 g/mol. The molecule has 122 valence electrons. The molecule has 0 spiro atoms.